The fourth-order valence-electron chi connectivity index (χ4n) is 2.83. The van der Waals surface area contributed by atoms with Crippen LogP contribution in [0, 0.1) is 0 Å². The standard InChI is InChI=1S/C19H21Cl2N3/c1-2-3-12-23-13-14-24(18-11-7-5-9-16(18)21)19(23)22-17-10-6-4-8-15(17)20/h4-11H,2-3,12-14H2,1H3. The number of aliphatic imine (C=N–C) groups is 1. The highest BCUT2D eigenvalue weighted by atomic mass is 35.5. The van der Waals surface area contributed by atoms with Crippen LogP contribution in [0.4, 0.5) is 11.4 Å². The molecule has 3 rings (SSSR count). The van der Waals surface area contributed by atoms with Crippen molar-refractivity contribution in [3.8, 4) is 0 Å². The van der Waals surface area contributed by atoms with Gasteiger partial charge in [0.2, 0.25) is 5.96 Å². The molecule has 0 atom stereocenters. The van der Waals surface area contributed by atoms with Crippen molar-refractivity contribution in [3.63, 3.8) is 0 Å². The second kappa shape index (κ2) is 7.91. The normalized spacial score (nSPS) is 16.2. The van der Waals surface area contributed by atoms with Crippen LogP contribution in [0.2, 0.25) is 10.0 Å². The molecule has 24 heavy (non-hydrogen) atoms. The summed E-state index contributed by atoms with van der Waals surface area (Å²) in [6.45, 7) is 5.00. The summed E-state index contributed by atoms with van der Waals surface area (Å²) in [6, 6.07) is 15.6. The Kier molecular flexibility index (Phi) is 5.64. The molecule has 1 aliphatic heterocycles. The summed E-state index contributed by atoms with van der Waals surface area (Å²) in [4.78, 5) is 9.37. The third-order valence-electron chi connectivity index (χ3n) is 4.12. The minimum Gasteiger partial charge on any atom is -0.340 e. The molecule has 0 spiro atoms. The molecule has 1 fully saturated rings. The topological polar surface area (TPSA) is 18.8 Å². The minimum absolute atomic E-state index is 0.659. The molecule has 2 aromatic rings. The third-order valence-corrected chi connectivity index (χ3v) is 4.75. The lowest BCUT2D eigenvalue weighted by Crippen LogP contribution is -2.34. The van der Waals surface area contributed by atoms with Gasteiger partial charge in [0, 0.05) is 19.6 Å². The van der Waals surface area contributed by atoms with Crippen LogP contribution in [0.5, 0.6) is 0 Å². The second-order valence-electron chi connectivity index (χ2n) is 5.81. The summed E-state index contributed by atoms with van der Waals surface area (Å²) in [5.41, 5.74) is 1.78. The quantitative estimate of drug-likeness (QED) is 0.689. The van der Waals surface area contributed by atoms with E-state index in [-0.39, 0.29) is 0 Å². The van der Waals surface area contributed by atoms with E-state index in [0.29, 0.717) is 5.02 Å². The molecule has 126 valence electrons. The molecule has 0 unspecified atom stereocenters. The maximum atomic E-state index is 6.41. The Labute approximate surface area is 153 Å². The van der Waals surface area contributed by atoms with Gasteiger partial charge in [-0.3, -0.25) is 0 Å². The molecule has 0 amide bonds. The summed E-state index contributed by atoms with van der Waals surface area (Å²) in [6.07, 6.45) is 2.29. The van der Waals surface area contributed by atoms with Gasteiger partial charge >= 0.3 is 0 Å². The zero-order valence-electron chi connectivity index (χ0n) is 13.8. The average Bonchev–Trinajstić information content (AvgIpc) is 2.98. The van der Waals surface area contributed by atoms with Crippen LogP contribution in [-0.4, -0.2) is 30.5 Å². The number of anilines is 1. The number of rotatable bonds is 5. The van der Waals surface area contributed by atoms with Crippen molar-refractivity contribution in [3.05, 3.63) is 58.6 Å². The summed E-state index contributed by atoms with van der Waals surface area (Å²) in [7, 11) is 0. The van der Waals surface area contributed by atoms with Crippen LogP contribution in [-0.2, 0) is 0 Å². The predicted molar refractivity (Wildman–Crippen MR) is 104 cm³/mol. The van der Waals surface area contributed by atoms with Crippen LogP contribution >= 0.6 is 23.2 Å². The highest BCUT2D eigenvalue weighted by molar-refractivity contribution is 6.34. The highest BCUT2D eigenvalue weighted by Crippen LogP contribution is 2.31. The summed E-state index contributed by atoms with van der Waals surface area (Å²) in [5.74, 6) is 0.921. The SMILES string of the molecule is CCCCN1CCN(c2ccccc2Cl)C1=Nc1ccccc1Cl. The van der Waals surface area contributed by atoms with Crippen LogP contribution in [0.3, 0.4) is 0 Å². The van der Waals surface area contributed by atoms with Crippen molar-refractivity contribution < 1.29 is 0 Å². The molecule has 0 saturated carbocycles. The molecule has 1 heterocycles. The van der Waals surface area contributed by atoms with Gasteiger partial charge in [0.1, 0.15) is 0 Å². The molecule has 1 saturated heterocycles. The first-order valence-electron chi connectivity index (χ1n) is 8.31. The Morgan fingerprint density at radius 3 is 2.38 bits per heavy atom. The fraction of sp³-hybridized carbons (Fsp3) is 0.316. The predicted octanol–water partition coefficient (Wildman–Crippen LogP) is 5.60. The maximum absolute atomic E-state index is 6.41. The number of hydrogen-bond donors (Lipinski definition) is 0. The molecule has 0 aromatic heterocycles. The number of hydrogen-bond acceptors (Lipinski definition) is 1. The fourth-order valence-corrected chi connectivity index (χ4v) is 3.25. The molecular formula is C19H21Cl2N3. The Hall–Kier alpha value is -1.71. The Bertz CT molecular complexity index is 730. The largest absolute Gasteiger partial charge is 0.340 e. The number of benzene rings is 2. The van der Waals surface area contributed by atoms with Crippen molar-refractivity contribution in [1.82, 2.24) is 4.90 Å². The number of guanidine groups is 1. The average molecular weight is 362 g/mol. The third kappa shape index (κ3) is 3.68. The molecule has 0 N–H and O–H groups in total. The van der Waals surface area contributed by atoms with E-state index in [1.165, 1.54) is 0 Å². The summed E-state index contributed by atoms with van der Waals surface area (Å²) in [5, 5.41) is 1.40. The van der Waals surface area contributed by atoms with Crippen LogP contribution < -0.4 is 4.90 Å². The highest BCUT2D eigenvalue weighted by Gasteiger charge is 2.28. The van der Waals surface area contributed by atoms with Crippen molar-refractivity contribution in [1.29, 1.82) is 0 Å². The smallest absolute Gasteiger partial charge is 0.206 e. The molecule has 0 radical (unpaired) electrons. The maximum Gasteiger partial charge on any atom is 0.206 e. The first-order chi connectivity index (χ1) is 11.7. The van der Waals surface area contributed by atoms with E-state index in [1.807, 2.05) is 48.5 Å². The first kappa shape index (κ1) is 17.1. The number of nitrogens with zero attached hydrogens (tertiary/aromatic N) is 3. The molecule has 2 aromatic carbocycles. The zero-order chi connectivity index (χ0) is 16.9. The van der Waals surface area contributed by atoms with E-state index in [9.17, 15) is 0 Å². The number of para-hydroxylation sites is 2. The second-order valence-corrected chi connectivity index (χ2v) is 6.62. The first-order valence-corrected chi connectivity index (χ1v) is 9.06. The summed E-state index contributed by atoms with van der Waals surface area (Å²) >= 11 is 12.7. The van der Waals surface area contributed by atoms with Crippen LogP contribution in [0.15, 0.2) is 53.5 Å². The Morgan fingerprint density at radius 2 is 1.67 bits per heavy atom. The van der Waals surface area contributed by atoms with Gasteiger partial charge < -0.3 is 9.80 Å². The van der Waals surface area contributed by atoms with E-state index >= 15 is 0 Å². The van der Waals surface area contributed by atoms with Gasteiger partial charge in [-0.25, -0.2) is 4.99 Å². The molecular weight excluding hydrogens is 341 g/mol. The van der Waals surface area contributed by atoms with Crippen molar-refractivity contribution >= 4 is 40.5 Å². The van der Waals surface area contributed by atoms with Gasteiger partial charge in [-0.2, -0.15) is 0 Å². The monoisotopic (exact) mass is 361 g/mol. The van der Waals surface area contributed by atoms with E-state index in [2.05, 4.69) is 16.7 Å². The number of unbranched alkanes of at least 4 members (excludes halogenated alkanes) is 1. The van der Waals surface area contributed by atoms with Gasteiger partial charge in [0.15, 0.2) is 0 Å². The van der Waals surface area contributed by atoms with Gasteiger partial charge in [-0.05, 0) is 30.7 Å². The zero-order valence-corrected chi connectivity index (χ0v) is 15.3. The van der Waals surface area contributed by atoms with Crippen LogP contribution in [0.25, 0.3) is 0 Å². The summed E-state index contributed by atoms with van der Waals surface area (Å²) < 4.78 is 0. The Morgan fingerprint density at radius 1 is 0.958 bits per heavy atom. The van der Waals surface area contributed by atoms with Gasteiger partial charge in [-0.15, -0.1) is 0 Å². The van der Waals surface area contributed by atoms with Crippen molar-refractivity contribution in [2.75, 3.05) is 24.5 Å². The van der Waals surface area contributed by atoms with E-state index in [1.54, 1.807) is 0 Å². The van der Waals surface area contributed by atoms with E-state index in [0.717, 1.165) is 54.8 Å². The van der Waals surface area contributed by atoms with E-state index < -0.39 is 0 Å². The molecule has 0 aliphatic carbocycles. The Balaban J connectivity index is 1.99. The van der Waals surface area contributed by atoms with Gasteiger partial charge in [0.05, 0.1) is 21.4 Å². The van der Waals surface area contributed by atoms with Crippen LogP contribution in [0.1, 0.15) is 19.8 Å². The lowest BCUT2D eigenvalue weighted by molar-refractivity contribution is 0.447. The lowest BCUT2D eigenvalue weighted by atomic mass is 10.3. The molecule has 1 aliphatic rings. The molecule has 3 nitrogen and oxygen atoms in total. The number of halogens is 2. The molecule has 0 bridgehead atoms. The molecule has 5 heteroatoms. The van der Waals surface area contributed by atoms with Gasteiger partial charge in [-0.1, -0.05) is 60.8 Å². The van der Waals surface area contributed by atoms with E-state index in [4.69, 9.17) is 28.2 Å². The van der Waals surface area contributed by atoms with Crippen molar-refractivity contribution in [2.45, 2.75) is 19.8 Å². The lowest BCUT2D eigenvalue weighted by Gasteiger charge is -2.24. The van der Waals surface area contributed by atoms with Crippen molar-refractivity contribution in [2.24, 2.45) is 4.99 Å². The minimum atomic E-state index is 0.659. The van der Waals surface area contributed by atoms with Gasteiger partial charge in [0.25, 0.3) is 0 Å².